The van der Waals surface area contributed by atoms with Crippen molar-refractivity contribution >= 4 is 22.3 Å². The van der Waals surface area contributed by atoms with Crippen LogP contribution in [-0.2, 0) is 4.79 Å². The first-order valence-electron chi connectivity index (χ1n) is 5.50. The van der Waals surface area contributed by atoms with Crippen LogP contribution in [-0.4, -0.2) is 17.1 Å². The molecular formula is C14H8F4O2. The van der Waals surface area contributed by atoms with Gasteiger partial charge in [-0.15, -0.1) is 0 Å². The smallest absolute Gasteiger partial charge is 0.454 e. The Morgan fingerprint density at radius 3 is 2.25 bits per heavy atom. The maximum atomic E-state index is 13.5. The molecular weight excluding hydrogens is 276 g/mol. The fourth-order valence-electron chi connectivity index (χ4n) is 1.77. The Bertz CT molecular complexity index is 702. The second-order valence-electron chi connectivity index (χ2n) is 4.03. The van der Waals surface area contributed by atoms with Crippen molar-refractivity contribution in [2.75, 3.05) is 0 Å². The van der Waals surface area contributed by atoms with Crippen LogP contribution in [0.15, 0.2) is 42.5 Å². The Balaban J connectivity index is 2.57. The molecule has 2 rings (SSSR count). The number of alkyl halides is 3. The molecule has 1 N–H and O–H groups in total. The number of carbonyl (C=O) groups is 1. The van der Waals surface area contributed by atoms with Gasteiger partial charge in [-0.05, 0) is 17.5 Å². The molecule has 0 aromatic heterocycles. The average molecular weight is 284 g/mol. The maximum Gasteiger partial charge on any atom is 0.454 e. The molecule has 2 nitrogen and oxygen atoms in total. The van der Waals surface area contributed by atoms with Gasteiger partial charge in [-0.2, -0.15) is 13.2 Å². The Morgan fingerprint density at radius 2 is 1.65 bits per heavy atom. The van der Waals surface area contributed by atoms with Crippen LogP contribution in [0.2, 0.25) is 0 Å². The normalized spacial score (nSPS) is 12.7. The quantitative estimate of drug-likeness (QED) is 0.514. The third kappa shape index (κ3) is 2.64. The summed E-state index contributed by atoms with van der Waals surface area (Å²) in [6.45, 7) is 0. The molecule has 0 aliphatic rings. The number of carbonyl (C=O) groups excluding carboxylic acids is 1. The predicted molar refractivity (Wildman–Crippen MR) is 65.6 cm³/mol. The zero-order valence-corrected chi connectivity index (χ0v) is 9.91. The van der Waals surface area contributed by atoms with Crippen LogP contribution in [0.1, 0.15) is 5.56 Å². The molecule has 0 aliphatic heterocycles. The van der Waals surface area contributed by atoms with Crippen molar-refractivity contribution in [3.05, 3.63) is 53.9 Å². The molecule has 0 amide bonds. The standard InChI is InChI=1S/C14H8F4O2/c15-11-6-5-10(8-3-1-2-4-9(8)11)12(19)7-13(20)14(16,17)18/h1-7,19H/b12-7-. The minimum absolute atomic E-state index is 0.0420. The van der Waals surface area contributed by atoms with Crippen LogP contribution in [0.5, 0.6) is 0 Å². The summed E-state index contributed by atoms with van der Waals surface area (Å²) in [5.74, 6) is -3.61. The summed E-state index contributed by atoms with van der Waals surface area (Å²) in [5, 5.41) is 10.0. The number of fused-ring (bicyclic) bond motifs is 1. The van der Waals surface area contributed by atoms with Crippen molar-refractivity contribution in [3.8, 4) is 0 Å². The van der Waals surface area contributed by atoms with Crippen LogP contribution >= 0.6 is 0 Å². The minimum Gasteiger partial charge on any atom is -0.507 e. The summed E-state index contributed by atoms with van der Waals surface area (Å²) in [6, 6.07) is 8.09. The number of aliphatic hydroxyl groups is 1. The van der Waals surface area contributed by atoms with Gasteiger partial charge >= 0.3 is 6.18 Å². The SMILES string of the molecule is O=C(/C=C(\O)c1ccc(F)c2ccccc12)C(F)(F)F. The van der Waals surface area contributed by atoms with Crippen LogP contribution in [0.25, 0.3) is 16.5 Å². The number of hydrogen-bond donors (Lipinski definition) is 1. The predicted octanol–water partition coefficient (Wildman–Crippen LogP) is 4.01. The summed E-state index contributed by atoms with van der Waals surface area (Å²) in [7, 11) is 0. The van der Waals surface area contributed by atoms with E-state index in [9.17, 15) is 27.5 Å². The molecule has 2 aromatic rings. The molecule has 0 fully saturated rings. The van der Waals surface area contributed by atoms with E-state index in [2.05, 4.69) is 0 Å². The van der Waals surface area contributed by atoms with Crippen molar-refractivity contribution in [1.82, 2.24) is 0 Å². The Hall–Kier alpha value is -2.37. The first-order chi connectivity index (χ1) is 9.30. The van der Waals surface area contributed by atoms with Gasteiger partial charge in [0.25, 0.3) is 5.78 Å². The van der Waals surface area contributed by atoms with Crippen molar-refractivity contribution in [2.45, 2.75) is 6.18 Å². The average Bonchev–Trinajstić information content (AvgIpc) is 2.38. The van der Waals surface area contributed by atoms with E-state index in [0.29, 0.717) is 0 Å². The summed E-state index contributed by atoms with van der Waals surface area (Å²) >= 11 is 0. The van der Waals surface area contributed by atoms with E-state index in [1.165, 1.54) is 12.1 Å². The largest absolute Gasteiger partial charge is 0.507 e. The van der Waals surface area contributed by atoms with Gasteiger partial charge in [-0.25, -0.2) is 4.39 Å². The summed E-state index contributed by atoms with van der Waals surface area (Å²) in [4.78, 5) is 10.8. The number of halogens is 4. The number of rotatable bonds is 2. The third-order valence-corrected chi connectivity index (χ3v) is 2.69. The van der Waals surface area contributed by atoms with Gasteiger partial charge in [0.1, 0.15) is 11.6 Å². The highest BCUT2D eigenvalue weighted by Crippen LogP contribution is 2.27. The zero-order valence-electron chi connectivity index (χ0n) is 9.91. The molecule has 0 radical (unpaired) electrons. The molecule has 0 atom stereocenters. The molecule has 0 spiro atoms. The van der Waals surface area contributed by atoms with Crippen molar-refractivity contribution in [2.24, 2.45) is 0 Å². The lowest BCUT2D eigenvalue weighted by molar-refractivity contribution is -0.165. The molecule has 6 heteroatoms. The molecule has 0 saturated carbocycles. The van der Waals surface area contributed by atoms with Gasteiger partial charge in [-0.3, -0.25) is 4.79 Å². The minimum atomic E-state index is -5.07. The van der Waals surface area contributed by atoms with E-state index < -0.39 is 23.5 Å². The Morgan fingerprint density at radius 1 is 1.05 bits per heavy atom. The van der Waals surface area contributed by atoms with E-state index >= 15 is 0 Å². The van der Waals surface area contributed by atoms with Crippen LogP contribution < -0.4 is 0 Å². The summed E-state index contributed by atoms with van der Waals surface area (Å²) in [6.07, 6.45) is -4.98. The summed E-state index contributed by atoms with van der Waals surface area (Å²) < 4.78 is 49.9. The molecule has 0 bridgehead atoms. The van der Waals surface area contributed by atoms with Crippen molar-refractivity contribution < 1.29 is 27.5 Å². The lowest BCUT2D eigenvalue weighted by Gasteiger charge is -2.07. The van der Waals surface area contributed by atoms with E-state index in [0.717, 1.165) is 12.1 Å². The van der Waals surface area contributed by atoms with Crippen molar-refractivity contribution in [3.63, 3.8) is 0 Å². The lowest BCUT2D eigenvalue weighted by Crippen LogP contribution is -2.20. The third-order valence-electron chi connectivity index (χ3n) is 2.69. The maximum absolute atomic E-state index is 13.5. The van der Waals surface area contributed by atoms with Gasteiger partial charge < -0.3 is 5.11 Å². The fraction of sp³-hybridized carbons (Fsp3) is 0.0714. The van der Waals surface area contributed by atoms with Crippen LogP contribution in [0.4, 0.5) is 17.6 Å². The molecule has 0 heterocycles. The first kappa shape index (κ1) is 14.0. The highest BCUT2D eigenvalue weighted by molar-refractivity contribution is 6.02. The zero-order chi connectivity index (χ0) is 14.9. The van der Waals surface area contributed by atoms with Gasteiger partial charge in [0.15, 0.2) is 0 Å². The number of aliphatic hydroxyl groups excluding tert-OH is 1. The molecule has 0 aliphatic carbocycles. The number of ketones is 1. The summed E-state index contributed by atoms with van der Waals surface area (Å²) in [5.41, 5.74) is -0.0420. The topological polar surface area (TPSA) is 37.3 Å². The number of hydrogen-bond acceptors (Lipinski definition) is 2. The van der Waals surface area contributed by atoms with Gasteiger partial charge in [0.05, 0.1) is 0 Å². The van der Waals surface area contributed by atoms with Gasteiger partial charge in [-0.1, -0.05) is 24.3 Å². The second kappa shape index (κ2) is 4.96. The number of benzene rings is 2. The van der Waals surface area contributed by atoms with E-state index in [4.69, 9.17) is 0 Å². The highest BCUT2D eigenvalue weighted by atomic mass is 19.4. The van der Waals surface area contributed by atoms with Crippen LogP contribution in [0, 0.1) is 5.82 Å². The lowest BCUT2D eigenvalue weighted by atomic mass is 10.0. The van der Waals surface area contributed by atoms with Gasteiger partial charge in [0.2, 0.25) is 0 Å². The van der Waals surface area contributed by atoms with Crippen molar-refractivity contribution in [1.29, 1.82) is 0 Å². The Labute approximate surface area is 111 Å². The van der Waals surface area contributed by atoms with E-state index in [1.54, 1.807) is 12.1 Å². The molecule has 20 heavy (non-hydrogen) atoms. The van der Waals surface area contributed by atoms with E-state index in [-0.39, 0.29) is 22.4 Å². The monoisotopic (exact) mass is 284 g/mol. The fourth-order valence-corrected chi connectivity index (χ4v) is 1.77. The molecule has 0 saturated heterocycles. The molecule has 104 valence electrons. The van der Waals surface area contributed by atoms with Gasteiger partial charge in [0, 0.05) is 17.0 Å². The highest BCUT2D eigenvalue weighted by Gasteiger charge is 2.37. The Kier molecular flexibility index (Phi) is 3.48. The molecule has 2 aromatic carbocycles. The van der Waals surface area contributed by atoms with E-state index in [1.807, 2.05) is 0 Å². The van der Waals surface area contributed by atoms with Crippen LogP contribution in [0.3, 0.4) is 0 Å². The second-order valence-corrected chi connectivity index (χ2v) is 4.03. The molecule has 0 unspecified atom stereocenters. The first-order valence-corrected chi connectivity index (χ1v) is 5.50. The number of allylic oxidation sites excluding steroid dienone is 1.